The molecular weight excluding hydrogens is 518 g/mol. The Morgan fingerprint density at radius 3 is 2.46 bits per heavy atom. The van der Waals surface area contributed by atoms with Crippen molar-refractivity contribution in [1.29, 1.82) is 0 Å². The third-order valence-corrected chi connectivity index (χ3v) is 7.97. The Morgan fingerprint density at radius 1 is 1.05 bits per heavy atom. The van der Waals surface area contributed by atoms with Crippen molar-refractivity contribution in [3.8, 4) is 0 Å². The summed E-state index contributed by atoms with van der Waals surface area (Å²) in [6, 6.07) is 23.1. The van der Waals surface area contributed by atoms with Gasteiger partial charge in [0.2, 0.25) is 11.8 Å². The molecule has 0 spiro atoms. The molecular formula is C33H35N3O5. The molecule has 3 unspecified atom stereocenters. The molecule has 1 N–H and O–H groups in total. The van der Waals surface area contributed by atoms with Gasteiger partial charge in [0.1, 0.15) is 0 Å². The van der Waals surface area contributed by atoms with E-state index >= 15 is 0 Å². The normalized spacial score (nSPS) is 18.8. The van der Waals surface area contributed by atoms with E-state index in [2.05, 4.69) is 10.4 Å². The average molecular weight is 554 g/mol. The zero-order valence-electron chi connectivity index (χ0n) is 23.8. The average Bonchev–Trinajstić information content (AvgIpc) is 3.32. The smallest absolute Gasteiger partial charge is 0.309 e. The molecule has 5 rings (SSSR count). The highest BCUT2D eigenvalue weighted by molar-refractivity contribution is 5.98. The van der Waals surface area contributed by atoms with Crippen LogP contribution in [0, 0.1) is 11.8 Å². The zero-order valence-corrected chi connectivity index (χ0v) is 23.8. The summed E-state index contributed by atoms with van der Waals surface area (Å²) in [5.74, 6) is -0.712. The lowest BCUT2D eigenvalue weighted by atomic mass is 9.87. The second-order valence-corrected chi connectivity index (χ2v) is 11.0. The maximum atomic E-state index is 13.6. The number of carbonyl (C=O) groups excluding carboxylic acids is 3. The molecule has 0 aromatic heterocycles. The molecule has 8 heteroatoms. The summed E-state index contributed by atoms with van der Waals surface area (Å²) >= 11 is 0. The summed E-state index contributed by atoms with van der Waals surface area (Å²) < 4.78 is 10.6. The Balaban J connectivity index is 1.31. The fourth-order valence-corrected chi connectivity index (χ4v) is 5.73. The number of methoxy groups -OCH3 is 1. The number of fused-ring (bicyclic) bond motifs is 1. The Bertz CT molecular complexity index is 1470. The van der Waals surface area contributed by atoms with Gasteiger partial charge < -0.3 is 14.8 Å². The third-order valence-electron chi connectivity index (χ3n) is 7.97. The zero-order chi connectivity index (χ0) is 29.1. The van der Waals surface area contributed by atoms with Gasteiger partial charge in [0.05, 0.1) is 25.5 Å². The maximum absolute atomic E-state index is 13.6. The summed E-state index contributed by atoms with van der Waals surface area (Å²) in [6.45, 7) is 6.30. The van der Waals surface area contributed by atoms with Crippen molar-refractivity contribution < 1.29 is 23.9 Å². The van der Waals surface area contributed by atoms with E-state index in [0.717, 1.165) is 33.5 Å². The molecule has 2 amide bonds. The molecule has 0 fully saturated rings. The first-order valence-corrected chi connectivity index (χ1v) is 13.9. The van der Waals surface area contributed by atoms with Crippen molar-refractivity contribution in [2.45, 2.75) is 45.6 Å². The first kappa shape index (κ1) is 28.1. The summed E-state index contributed by atoms with van der Waals surface area (Å²) in [6.07, 6.45) is 0.537. The van der Waals surface area contributed by atoms with E-state index in [1.165, 1.54) is 12.1 Å². The molecule has 1 aliphatic heterocycles. The largest absolute Gasteiger partial charge is 0.469 e. The van der Waals surface area contributed by atoms with Crippen LogP contribution in [-0.4, -0.2) is 42.4 Å². The molecule has 1 aliphatic carbocycles. The molecule has 0 saturated carbocycles. The molecule has 0 radical (unpaired) electrons. The van der Waals surface area contributed by atoms with E-state index in [0.29, 0.717) is 18.9 Å². The maximum Gasteiger partial charge on any atom is 0.309 e. The van der Waals surface area contributed by atoms with Crippen LogP contribution in [0.1, 0.15) is 60.4 Å². The second-order valence-electron chi connectivity index (χ2n) is 11.0. The number of amides is 2. The highest BCUT2D eigenvalue weighted by Gasteiger charge is 2.37. The van der Waals surface area contributed by atoms with Crippen LogP contribution in [0.2, 0.25) is 0 Å². The summed E-state index contributed by atoms with van der Waals surface area (Å²) in [4.78, 5) is 38.4. The van der Waals surface area contributed by atoms with E-state index in [4.69, 9.17) is 9.47 Å². The molecule has 8 nitrogen and oxygen atoms in total. The quantitative estimate of drug-likeness (QED) is 0.385. The van der Waals surface area contributed by atoms with Gasteiger partial charge in [-0.25, -0.2) is 5.01 Å². The summed E-state index contributed by atoms with van der Waals surface area (Å²) in [7, 11) is 1.41. The van der Waals surface area contributed by atoms with Gasteiger partial charge in [-0.1, -0.05) is 75.4 Å². The predicted octanol–water partition coefficient (Wildman–Crippen LogP) is 5.23. The third kappa shape index (κ3) is 5.87. The molecule has 3 aromatic rings. The lowest BCUT2D eigenvalue weighted by molar-refractivity contribution is -0.145. The Labute approximate surface area is 240 Å². The van der Waals surface area contributed by atoms with Crippen LogP contribution in [0.3, 0.4) is 0 Å². The Morgan fingerprint density at radius 2 is 1.78 bits per heavy atom. The van der Waals surface area contributed by atoms with E-state index in [-0.39, 0.29) is 48.1 Å². The number of carbonyl (C=O) groups is 3. The van der Waals surface area contributed by atoms with Crippen molar-refractivity contribution in [2.75, 3.05) is 19.0 Å². The summed E-state index contributed by atoms with van der Waals surface area (Å²) in [5.41, 5.74) is 5.39. The SMILES string of the molecule is COC(=O)C1Cc2c(NC(=O)C(c3ccc(CN4N=C(c5ccccc5)OCC4=O)cc3)C(C)C)cccc2C1C. The number of rotatable bonds is 8. The monoisotopic (exact) mass is 553 g/mol. The van der Waals surface area contributed by atoms with Gasteiger partial charge in [-0.3, -0.25) is 14.4 Å². The van der Waals surface area contributed by atoms with Crippen LogP contribution in [0.4, 0.5) is 5.69 Å². The number of anilines is 1. The highest BCUT2D eigenvalue weighted by atomic mass is 16.5. The fourth-order valence-electron chi connectivity index (χ4n) is 5.73. The van der Waals surface area contributed by atoms with Crippen LogP contribution in [-0.2, 0) is 36.8 Å². The number of hydrazone groups is 1. The van der Waals surface area contributed by atoms with Gasteiger partial charge in [-0.05, 0) is 58.7 Å². The van der Waals surface area contributed by atoms with E-state index < -0.39 is 0 Å². The number of ether oxygens (including phenoxy) is 2. The highest BCUT2D eigenvalue weighted by Crippen LogP contribution is 2.42. The molecule has 3 atom stereocenters. The Hall–Kier alpha value is -4.46. The number of hydrogen-bond donors (Lipinski definition) is 1. The van der Waals surface area contributed by atoms with Crippen molar-refractivity contribution >= 4 is 29.4 Å². The first-order chi connectivity index (χ1) is 19.8. The van der Waals surface area contributed by atoms with E-state index in [1.807, 2.05) is 93.6 Å². The minimum Gasteiger partial charge on any atom is -0.469 e. The first-order valence-electron chi connectivity index (χ1n) is 13.9. The van der Waals surface area contributed by atoms with Gasteiger partial charge in [-0.2, -0.15) is 0 Å². The fraction of sp³-hybridized carbons (Fsp3) is 0.333. The number of benzene rings is 3. The van der Waals surface area contributed by atoms with Crippen LogP contribution in [0.15, 0.2) is 77.9 Å². The van der Waals surface area contributed by atoms with Crippen molar-refractivity contribution in [3.63, 3.8) is 0 Å². The van der Waals surface area contributed by atoms with Crippen molar-refractivity contribution in [3.05, 3.63) is 101 Å². The van der Waals surface area contributed by atoms with Crippen LogP contribution in [0.25, 0.3) is 0 Å². The van der Waals surface area contributed by atoms with Gasteiger partial charge in [-0.15, -0.1) is 5.10 Å². The van der Waals surface area contributed by atoms with Gasteiger partial charge in [0, 0.05) is 11.3 Å². The topological polar surface area (TPSA) is 97.3 Å². The molecule has 212 valence electrons. The van der Waals surface area contributed by atoms with E-state index in [9.17, 15) is 14.4 Å². The van der Waals surface area contributed by atoms with Crippen molar-refractivity contribution in [1.82, 2.24) is 5.01 Å². The molecule has 0 saturated heterocycles. The van der Waals surface area contributed by atoms with Gasteiger partial charge in [0.15, 0.2) is 6.61 Å². The minimum absolute atomic E-state index is 0.0224. The van der Waals surface area contributed by atoms with E-state index in [1.54, 1.807) is 0 Å². The van der Waals surface area contributed by atoms with Crippen LogP contribution >= 0.6 is 0 Å². The van der Waals surface area contributed by atoms with Crippen LogP contribution < -0.4 is 5.32 Å². The number of nitrogens with zero attached hydrogens (tertiary/aromatic N) is 2. The Kier molecular flexibility index (Phi) is 8.19. The lowest BCUT2D eigenvalue weighted by Gasteiger charge is -2.25. The molecule has 0 bridgehead atoms. The lowest BCUT2D eigenvalue weighted by Crippen LogP contribution is -2.36. The number of esters is 1. The number of hydrogen-bond acceptors (Lipinski definition) is 6. The summed E-state index contributed by atoms with van der Waals surface area (Å²) in [5, 5.41) is 9.00. The molecule has 3 aromatic carbocycles. The molecule has 1 heterocycles. The van der Waals surface area contributed by atoms with Crippen molar-refractivity contribution in [2.24, 2.45) is 16.9 Å². The predicted molar refractivity (Wildman–Crippen MR) is 156 cm³/mol. The second kappa shape index (κ2) is 12.0. The molecule has 41 heavy (non-hydrogen) atoms. The molecule has 2 aliphatic rings. The van der Waals surface area contributed by atoms with Crippen LogP contribution in [0.5, 0.6) is 0 Å². The standard InChI is InChI=1S/C33H35N3O5/c1-20(2)30(31(38)34-28-12-8-11-25-21(3)26(17-27(25)28)33(39)40-4)23-15-13-22(14-16-23)18-36-29(37)19-41-32(35-36)24-9-6-5-7-10-24/h5-16,20-21,26,30H,17-19H2,1-4H3,(H,34,38). The number of nitrogens with one attached hydrogen (secondary N) is 1. The van der Waals surface area contributed by atoms with Gasteiger partial charge >= 0.3 is 5.97 Å². The van der Waals surface area contributed by atoms with Gasteiger partial charge in [0.25, 0.3) is 5.91 Å². The minimum atomic E-state index is -0.386.